The van der Waals surface area contributed by atoms with E-state index in [2.05, 4.69) is 31.2 Å². The molecule has 2 heterocycles. The van der Waals surface area contributed by atoms with Crippen molar-refractivity contribution >= 4 is 22.9 Å². The zero-order chi connectivity index (χ0) is 12.5. The van der Waals surface area contributed by atoms with Gasteiger partial charge in [0, 0.05) is 21.2 Å². The minimum Gasteiger partial charge on any atom is -0.493 e. The second kappa shape index (κ2) is 4.94. The van der Waals surface area contributed by atoms with Gasteiger partial charge in [-0.05, 0) is 24.6 Å². The third-order valence-corrected chi connectivity index (χ3v) is 5.37. The molecule has 1 aromatic carbocycles. The number of alkyl halides is 1. The molecule has 0 aliphatic carbocycles. The van der Waals surface area contributed by atoms with E-state index in [9.17, 15) is 0 Å². The second-order valence-electron chi connectivity index (χ2n) is 4.51. The van der Waals surface area contributed by atoms with Gasteiger partial charge in [-0.15, -0.1) is 22.9 Å². The number of rotatable bonds is 3. The third kappa shape index (κ3) is 2.04. The molecule has 1 aliphatic rings. The lowest BCUT2D eigenvalue weighted by atomic mass is 9.97. The number of thiophene rings is 1. The summed E-state index contributed by atoms with van der Waals surface area (Å²) in [6.45, 7) is 2.86. The van der Waals surface area contributed by atoms with Crippen molar-refractivity contribution in [2.75, 3.05) is 6.61 Å². The Hall–Kier alpha value is -0.990. The molecule has 1 aromatic heterocycles. The molecule has 94 valence electrons. The van der Waals surface area contributed by atoms with E-state index in [4.69, 9.17) is 16.3 Å². The van der Waals surface area contributed by atoms with Gasteiger partial charge in [-0.25, -0.2) is 0 Å². The van der Waals surface area contributed by atoms with Crippen molar-refractivity contribution in [1.82, 2.24) is 0 Å². The number of para-hydroxylation sites is 1. The smallest absolute Gasteiger partial charge is 0.122 e. The summed E-state index contributed by atoms with van der Waals surface area (Å²) in [6, 6.07) is 12.5. The van der Waals surface area contributed by atoms with Gasteiger partial charge in [-0.1, -0.05) is 25.1 Å². The Morgan fingerprint density at radius 2 is 2.17 bits per heavy atom. The largest absolute Gasteiger partial charge is 0.493 e. The van der Waals surface area contributed by atoms with Gasteiger partial charge in [-0.2, -0.15) is 0 Å². The highest BCUT2D eigenvalue weighted by molar-refractivity contribution is 7.12. The Kier molecular flexibility index (Phi) is 3.31. The van der Waals surface area contributed by atoms with Crippen LogP contribution in [0.2, 0.25) is 0 Å². The topological polar surface area (TPSA) is 9.23 Å². The molecule has 0 saturated carbocycles. The van der Waals surface area contributed by atoms with Crippen LogP contribution in [0, 0.1) is 0 Å². The van der Waals surface area contributed by atoms with Crippen LogP contribution in [0.1, 0.15) is 33.5 Å². The highest BCUT2D eigenvalue weighted by atomic mass is 35.5. The van der Waals surface area contributed by atoms with Crippen LogP contribution >= 0.6 is 22.9 Å². The summed E-state index contributed by atoms with van der Waals surface area (Å²) in [5, 5.41) is 0.0129. The van der Waals surface area contributed by atoms with E-state index in [1.165, 1.54) is 15.3 Å². The molecule has 18 heavy (non-hydrogen) atoms. The van der Waals surface area contributed by atoms with Gasteiger partial charge in [0.1, 0.15) is 5.75 Å². The first kappa shape index (κ1) is 12.1. The molecule has 3 heteroatoms. The molecule has 2 aromatic rings. The Morgan fingerprint density at radius 1 is 1.33 bits per heavy atom. The van der Waals surface area contributed by atoms with E-state index in [1.54, 1.807) is 0 Å². The summed E-state index contributed by atoms with van der Waals surface area (Å²) in [7, 11) is 0. The quantitative estimate of drug-likeness (QED) is 0.735. The van der Waals surface area contributed by atoms with Crippen LogP contribution in [0.5, 0.6) is 5.75 Å². The van der Waals surface area contributed by atoms with E-state index in [0.29, 0.717) is 6.61 Å². The van der Waals surface area contributed by atoms with Gasteiger partial charge in [0.2, 0.25) is 0 Å². The van der Waals surface area contributed by atoms with Gasteiger partial charge in [0.25, 0.3) is 0 Å². The van der Waals surface area contributed by atoms with Crippen LogP contribution in [0.15, 0.2) is 36.4 Å². The number of fused-ring (bicyclic) bond motifs is 1. The fourth-order valence-corrected chi connectivity index (χ4v) is 3.77. The molecule has 2 atom stereocenters. The number of ether oxygens (including phenoxy) is 1. The SMILES string of the molecule is CCc1ccc(C(Cl)C2COc3ccccc32)s1. The monoisotopic (exact) mass is 278 g/mol. The van der Waals surface area contributed by atoms with Crippen molar-refractivity contribution in [3.63, 3.8) is 0 Å². The number of hydrogen-bond donors (Lipinski definition) is 0. The molecule has 0 fully saturated rings. The molecule has 3 rings (SSSR count). The molecular weight excluding hydrogens is 264 g/mol. The van der Waals surface area contributed by atoms with Crippen LogP contribution in [0.4, 0.5) is 0 Å². The van der Waals surface area contributed by atoms with E-state index in [-0.39, 0.29) is 11.3 Å². The Balaban J connectivity index is 1.88. The lowest BCUT2D eigenvalue weighted by Gasteiger charge is -2.14. The summed E-state index contributed by atoms with van der Waals surface area (Å²) >= 11 is 8.46. The maximum atomic E-state index is 6.64. The van der Waals surface area contributed by atoms with Gasteiger partial charge >= 0.3 is 0 Å². The third-order valence-electron chi connectivity index (χ3n) is 3.39. The first-order chi connectivity index (χ1) is 8.79. The number of hydrogen-bond acceptors (Lipinski definition) is 2. The number of halogens is 1. The zero-order valence-corrected chi connectivity index (χ0v) is 11.8. The number of benzene rings is 1. The molecule has 1 aliphatic heterocycles. The van der Waals surface area contributed by atoms with Crippen molar-refractivity contribution in [2.45, 2.75) is 24.6 Å². The minimum atomic E-state index is 0.0129. The summed E-state index contributed by atoms with van der Waals surface area (Å²) < 4.78 is 5.71. The first-order valence-corrected chi connectivity index (χ1v) is 7.49. The first-order valence-electron chi connectivity index (χ1n) is 6.24. The molecule has 0 N–H and O–H groups in total. The molecule has 0 spiro atoms. The van der Waals surface area contributed by atoms with Crippen LogP contribution in [-0.2, 0) is 6.42 Å². The van der Waals surface area contributed by atoms with E-state index < -0.39 is 0 Å². The maximum absolute atomic E-state index is 6.64. The van der Waals surface area contributed by atoms with Crippen LogP contribution in [0.3, 0.4) is 0 Å². The molecule has 2 unspecified atom stereocenters. The fraction of sp³-hybridized carbons (Fsp3) is 0.333. The molecule has 0 radical (unpaired) electrons. The van der Waals surface area contributed by atoms with Crippen molar-refractivity contribution < 1.29 is 4.74 Å². The Morgan fingerprint density at radius 3 is 2.94 bits per heavy atom. The van der Waals surface area contributed by atoms with Gasteiger partial charge in [-0.3, -0.25) is 0 Å². The molecule has 0 bridgehead atoms. The minimum absolute atomic E-state index is 0.0129. The second-order valence-corrected chi connectivity index (χ2v) is 6.18. The summed E-state index contributed by atoms with van der Waals surface area (Å²) in [4.78, 5) is 2.64. The Bertz CT molecular complexity index is 549. The number of aryl methyl sites for hydroxylation is 1. The van der Waals surface area contributed by atoms with E-state index in [0.717, 1.165) is 12.2 Å². The average molecular weight is 279 g/mol. The maximum Gasteiger partial charge on any atom is 0.122 e. The normalized spacial score (nSPS) is 19.3. The molecular formula is C15H15ClOS. The predicted molar refractivity (Wildman–Crippen MR) is 77.0 cm³/mol. The van der Waals surface area contributed by atoms with Crippen molar-refractivity contribution in [3.8, 4) is 5.75 Å². The highest BCUT2D eigenvalue weighted by Crippen LogP contribution is 2.45. The zero-order valence-electron chi connectivity index (χ0n) is 10.2. The molecule has 1 nitrogen and oxygen atoms in total. The van der Waals surface area contributed by atoms with Gasteiger partial charge in [0.15, 0.2) is 0 Å². The van der Waals surface area contributed by atoms with E-state index >= 15 is 0 Å². The summed E-state index contributed by atoms with van der Waals surface area (Å²) in [5.74, 6) is 1.26. The van der Waals surface area contributed by atoms with E-state index in [1.807, 2.05) is 23.5 Å². The van der Waals surface area contributed by atoms with Crippen LogP contribution in [0.25, 0.3) is 0 Å². The van der Waals surface area contributed by atoms with Crippen molar-refractivity contribution in [2.24, 2.45) is 0 Å². The average Bonchev–Trinajstić information content (AvgIpc) is 3.04. The van der Waals surface area contributed by atoms with Crippen molar-refractivity contribution in [1.29, 1.82) is 0 Å². The predicted octanol–water partition coefficient (Wildman–Crippen LogP) is 4.77. The van der Waals surface area contributed by atoms with Gasteiger partial charge in [0.05, 0.1) is 12.0 Å². The molecule has 0 amide bonds. The Labute approximate surface area is 116 Å². The van der Waals surface area contributed by atoms with Crippen LogP contribution < -0.4 is 4.74 Å². The van der Waals surface area contributed by atoms with Gasteiger partial charge < -0.3 is 4.74 Å². The summed E-state index contributed by atoms with van der Waals surface area (Å²) in [5.41, 5.74) is 1.24. The lowest BCUT2D eigenvalue weighted by molar-refractivity contribution is 0.328. The van der Waals surface area contributed by atoms with Crippen LogP contribution in [-0.4, -0.2) is 6.61 Å². The fourth-order valence-electron chi connectivity index (χ4n) is 2.36. The summed E-state index contributed by atoms with van der Waals surface area (Å²) in [6.07, 6.45) is 1.08. The lowest BCUT2D eigenvalue weighted by Crippen LogP contribution is -2.06. The standard InChI is InChI=1S/C15H15ClOS/c1-2-10-7-8-14(18-10)15(16)12-9-17-13-6-4-3-5-11(12)13/h3-8,12,15H,2,9H2,1H3. The molecule has 0 saturated heterocycles. The van der Waals surface area contributed by atoms with Crippen molar-refractivity contribution in [3.05, 3.63) is 51.7 Å². The highest BCUT2D eigenvalue weighted by Gasteiger charge is 2.31.